The Morgan fingerprint density at radius 3 is 2.68 bits per heavy atom. The molecular weight excluding hydrogens is 465 g/mol. The molecule has 6 nitrogen and oxygen atoms in total. The van der Waals surface area contributed by atoms with Gasteiger partial charge in [0.2, 0.25) is 0 Å². The van der Waals surface area contributed by atoms with Crippen LogP contribution in [0.15, 0.2) is 47.8 Å². The molecule has 0 aliphatic carbocycles. The highest BCUT2D eigenvalue weighted by molar-refractivity contribution is 7.09. The highest BCUT2D eigenvalue weighted by atomic mass is 32.1. The molecule has 0 spiro atoms. The zero-order valence-electron chi connectivity index (χ0n) is 18.6. The molecule has 10 heteroatoms. The van der Waals surface area contributed by atoms with Crippen molar-refractivity contribution in [2.45, 2.75) is 38.5 Å². The monoisotopic (exact) mass is 490 g/mol. The van der Waals surface area contributed by atoms with Gasteiger partial charge < -0.3 is 15.0 Å². The number of thiazole rings is 1. The lowest BCUT2D eigenvalue weighted by molar-refractivity contribution is -0.137. The molecule has 3 heterocycles. The summed E-state index contributed by atoms with van der Waals surface area (Å²) in [6.07, 6.45) is -3.07. The summed E-state index contributed by atoms with van der Waals surface area (Å²) < 4.78 is 44.4. The number of pyridine rings is 1. The first-order chi connectivity index (χ1) is 16.3. The molecule has 1 N–H and O–H groups in total. The van der Waals surface area contributed by atoms with E-state index in [1.54, 1.807) is 23.5 Å². The number of alkyl carbamates (subject to hydrolysis) is 1. The number of nitrogens with zero attached hydrogens (tertiary/aromatic N) is 3. The van der Waals surface area contributed by atoms with E-state index in [1.807, 2.05) is 24.4 Å². The van der Waals surface area contributed by atoms with Crippen molar-refractivity contribution in [3.63, 3.8) is 0 Å². The Bertz CT molecular complexity index is 1130. The number of carbonyl (C=O) groups is 1. The minimum atomic E-state index is -4.39. The van der Waals surface area contributed by atoms with Gasteiger partial charge in [0.15, 0.2) is 0 Å². The van der Waals surface area contributed by atoms with E-state index in [0.29, 0.717) is 23.7 Å². The second-order valence-electron chi connectivity index (χ2n) is 8.00. The van der Waals surface area contributed by atoms with Crippen LogP contribution < -0.4 is 10.2 Å². The third kappa shape index (κ3) is 5.85. The number of aromatic nitrogens is 2. The second kappa shape index (κ2) is 10.4. The van der Waals surface area contributed by atoms with Crippen LogP contribution in [0.2, 0.25) is 0 Å². The molecular formula is C24H25F3N4O2S. The molecule has 3 aromatic rings. The van der Waals surface area contributed by atoms with Crippen LogP contribution in [0.5, 0.6) is 0 Å². The molecule has 4 rings (SSSR count). The third-order valence-electron chi connectivity index (χ3n) is 5.63. The molecule has 0 unspecified atom stereocenters. The Morgan fingerprint density at radius 1 is 1.18 bits per heavy atom. The fourth-order valence-electron chi connectivity index (χ4n) is 3.88. The standard InChI is InChI=1S/C24H25F3N4O2S/c1-2-28-23(32)33-14-19-15-34-22(29-19)16-9-11-31(12-10-16)21-8-4-7-20(30-21)17-5-3-6-18(13-17)24(25,26)27/h3-8,13,15-16H,2,9-12,14H2,1H3,(H,28,32). The molecule has 1 fully saturated rings. The van der Waals surface area contributed by atoms with Gasteiger partial charge in [0.1, 0.15) is 12.4 Å². The lowest BCUT2D eigenvalue weighted by Gasteiger charge is -2.32. The van der Waals surface area contributed by atoms with Crippen LogP contribution in [0.3, 0.4) is 0 Å². The summed E-state index contributed by atoms with van der Waals surface area (Å²) in [5, 5.41) is 5.53. The first-order valence-corrected chi connectivity index (χ1v) is 12.0. The molecule has 1 aliphatic rings. The molecule has 0 atom stereocenters. The summed E-state index contributed by atoms with van der Waals surface area (Å²) in [5.74, 6) is 1.06. The fourth-order valence-corrected chi connectivity index (χ4v) is 4.86. The number of nitrogens with one attached hydrogen (secondary N) is 1. The van der Waals surface area contributed by atoms with Crippen molar-refractivity contribution >= 4 is 23.2 Å². The molecule has 180 valence electrons. The number of hydrogen-bond acceptors (Lipinski definition) is 6. The number of amides is 1. The summed E-state index contributed by atoms with van der Waals surface area (Å²) in [7, 11) is 0. The average Bonchev–Trinajstić information content (AvgIpc) is 3.32. The van der Waals surface area contributed by atoms with Gasteiger partial charge in [0, 0.05) is 36.5 Å². The van der Waals surface area contributed by atoms with Gasteiger partial charge in [-0.2, -0.15) is 13.2 Å². The Hall–Kier alpha value is -3.14. The fraction of sp³-hybridized carbons (Fsp3) is 0.375. The number of alkyl halides is 3. The first-order valence-electron chi connectivity index (χ1n) is 11.1. The van der Waals surface area contributed by atoms with Gasteiger partial charge in [0.25, 0.3) is 0 Å². The van der Waals surface area contributed by atoms with E-state index in [9.17, 15) is 18.0 Å². The van der Waals surface area contributed by atoms with E-state index in [-0.39, 0.29) is 6.61 Å². The lowest BCUT2D eigenvalue weighted by Crippen LogP contribution is -2.33. The molecule has 1 amide bonds. The minimum absolute atomic E-state index is 0.146. The van der Waals surface area contributed by atoms with Crippen LogP contribution in [0, 0.1) is 0 Å². The molecule has 2 aromatic heterocycles. The van der Waals surface area contributed by atoms with Gasteiger partial charge in [-0.1, -0.05) is 18.2 Å². The smallest absolute Gasteiger partial charge is 0.416 e. The third-order valence-corrected chi connectivity index (χ3v) is 6.69. The van der Waals surface area contributed by atoms with E-state index in [1.165, 1.54) is 6.07 Å². The molecule has 0 saturated carbocycles. The number of hydrogen-bond donors (Lipinski definition) is 1. The maximum absolute atomic E-state index is 13.1. The largest absolute Gasteiger partial charge is 0.443 e. The van der Waals surface area contributed by atoms with Gasteiger partial charge in [-0.3, -0.25) is 0 Å². The summed E-state index contributed by atoms with van der Waals surface area (Å²) >= 11 is 1.57. The molecule has 34 heavy (non-hydrogen) atoms. The Labute approximate surface area is 199 Å². The Morgan fingerprint density at radius 2 is 1.94 bits per heavy atom. The lowest BCUT2D eigenvalue weighted by atomic mass is 9.97. The first kappa shape index (κ1) is 24.0. The highest BCUT2D eigenvalue weighted by Gasteiger charge is 2.30. The van der Waals surface area contributed by atoms with Gasteiger partial charge in [-0.05, 0) is 44.0 Å². The van der Waals surface area contributed by atoms with Crippen molar-refractivity contribution in [3.05, 3.63) is 64.1 Å². The van der Waals surface area contributed by atoms with Gasteiger partial charge in [0.05, 0.1) is 22.0 Å². The van der Waals surface area contributed by atoms with Crippen molar-refractivity contribution in [3.8, 4) is 11.3 Å². The molecule has 1 aliphatic heterocycles. The SMILES string of the molecule is CCNC(=O)OCc1csc(C2CCN(c3cccc(-c4cccc(C(F)(F)F)c4)n3)CC2)n1. The zero-order chi connectivity index (χ0) is 24.1. The van der Waals surface area contributed by atoms with Crippen LogP contribution >= 0.6 is 11.3 Å². The zero-order valence-corrected chi connectivity index (χ0v) is 19.5. The van der Waals surface area contributed by atoms with Crippen molar-refractivity contribution in [2.75, 3.05) is 24.5 Å². The van der Waals surface area contributed by atoms with Gasteiger partial charge in [-0.15, -0.1) is 11.3 Å². The van der Waals surface area contributed by atoms with E-state index in [2.05, 4.69) is 20.2 Å². The summed E-state index contributed by atoms with van der Waals surface area (Å²) in [6.45, 7) is 4.03. The van der Waals surface area contributed by atoms with Crippen LogP contribution in [0.25, 0.3) is 11.3 Å². The van der Waals surface area contributed by atoms with Crippen LogP contribution in [-0.4, -0.2) is 35.7 Å². The van der Waals surface area contributed by atoms with Crippen molar-refractivity contribution in [1.29, 1.82) is 0 Å². The van der Waals surface area contributed by atoms with Crippen LogP contribution in [0.4, 0.5) is 23.8 Å². The van der Waals surface area contributed by atoms with Crippen molar-refractivity contribution in [1.82, 2.24) is 15.3 Å². The van der Waals surface area contributed by atoms with E-state index in [0.717, 1.165) is 54.6 Å². The number of halogens is 3. The van der Waals surface area contributed by atoms with Crippen LogP contribution in [-0.2, 0) is 17.5 Å². The van der Waals surface area contributed by atoms with E-state index in [4.69, 9.17) is 4.74 Å². The Kier molecular flexibility index (Phi) is 7.35. The van der Waals surface area contributed by atoms with Crippen LogP contribution in [0.1, 0.15) is 41.9 Å². The molecule has 1 saturated heterocycles. The second-order valence-corrected chi connectivity index (χ2v) is 8.89. The summed E-state index contributed by atoms with van der Waals surface area (Å²) in [6, 6.07) is 10.7. The molecule has 0 radical (unpaired) electrons. The minimum Gasteiger partial charge on any atom is -0.443 e. The predicted molar refractivity (Wildman–Crippen MR) is 125 cm³/mol. The highest BCUT2D eigenvalue weighted by Crippen LogP contribution is 2.34. The Balaban J connectivity index is 1.38. The van der Waals surface area contributed by atoms with Crippen molar-refractivity contribution in [2.24, 2.45) is 0 Å². The average molecular weight is 491 g/mol. The maximum Gasteiger partial charge on any atom is 0.416 e. The topological polar surface area (TPSA) is 67.3 Å². The van der Waals surface area contributed by atoms with E-state index < -0.39 is 17.8 Å². The van der Waals surface area contributed by atoms with Crippen molar-refractivity contribution < 1.29 is 22.7 Å². The quantitative estimate of drug-likeness (QED) is 0.469. The number of benzene rings is 1. The predicted octanol–water partition coefficient (Wildman–Crippen LogP) is 5.85. The normalized spacial score (nSPS) is 14.8. The number of rotatable bonds is 6. The van der Waals surface area contributed by atoms with Gasteiger partial charge in [-0.25, -0.2) is 14.8 Å². The number of piperidine rings is 1. The number of ether oxygens (including phenoxy) is 1. The summed E-state index contributed by atoms with van der Waals surface area (Å²) in [4.78, 5) is 22.9. The maximum atomic E-state index is 13.1. The van der Waals surface area contributed by atoms with Gasteiger partial charge >= 0.3 is 12.3 Å². The molecule has 1 aromatic carbocycles. The molecule has 0 bridgehead atoms. The summed E-state index contributed by atoms with van der Waals surface area (Å²) in [5.41, 5.74) is 1.01. The number of carbonyl (C=O) groups excluding carboxylic acids is 1. The number of anilines is 1. The van der Waals surface area contributed by atoms with E-state index >= 15 is 0 Å².